The average Bonchev–Trinajstić information content (AvgIpc) is 3.39. The van der Waals surface area contributed by atoms with Crippen molar-refractivity contribution >= 4 is 35.1 Å². The number of hydrogen-bond acceptors (Lipinski definition) is 6. The Labute approximate surface area is 255 Å². The fraction of sp³-hybridized carbons (Fsp3) is 0.355. The molecule has 5 rings (SSSR count). The molecule has 2 fully saturated rings. The zero-order chi connectivity index (χ0) is 30.0. The van der Waals surface area contributed by atoms with Gasteiger partial charge in [-0.2, -0.15) is 0 Å². The second-order valence-corrected chi connectivity index (χ2v) is 11.6. The van der Waals surface area contributed by atoms with Crippen LogP contribution in [0.2, 0.25) is 10.0 Å². The summed E-state index contributed by atoms with van der Waals surface area (Å²) >= 11 is 12.5. The van der Waals surface area contributed by atoms with E-state index in [0.29, 0.717) is 53.3 Å². The summed E-state index contributed by atoms with van der Waals surface area (Å²) in [5, 5.41) is 8.63. The van der Waals surface area contributed by atoms with Gasteiger partial charge in [-0.15, -0.1) is 0 Å². The lowest BCUT2D eigenvalue weighted by Crippen LogP contribution is -2.62. The summed E-state index contributed by atoms with van der Waals surface area (Å²) in [7, 11) is 1.59. The van der Waals surface area contributed by atoms with Gasteiger partial charge in [0, 0.05) is 47.9 Å². The molecule has 2 aliphatic heterocycles. The van der Waals surface area contributed by atoms with Gasteiger partial charge in [0.25, 0.3) is 5.91 Å². The van der Waals surface area contributed by atoms with E-state index in [1.165, 1.54) is 0 Å². The molecule has 42 heavy (non-hydrogen) atoms. The fourth-order valence-electron chi connectivity index (χ4n) is 5.62. The predicted octanol–water partition coefficient (Wildman–Crippen LogP) is 4.84. The molecule has 0 radical (unpaired) electrons. The molecule has 0 aromatic heterocycles. The molecule has 2 saturated heterocycles. The number of benzene rings is 3. The number of rotatable bonds is 7. The molecule has 0 spiro atoms. The van der Waals surface area contributed by atoms with E-state index in [9.17, 15) is 9.59 Å². The molecule has 0 saturated carbocycles. The van der Waals surface area contributed by atoms with Gasteiger partial charge in [0.1, 0.15) is 11.5 Å². The highest BCUT2D eigenvalue weighted by Crippen LogP contribution is 2.45. The minimum atomic E-state index is -1.40. The molecule has 4 N–H and O–H groups in total. The van der Waals surface area contributed by atoms with Crippen molar-refractivity contribution in [3.63, 3.8) is 0 Å². The third-order valence-electron chi connectivity index (χ3n) is 7.69. The molecule has 9 nitrogen and oxygen atoms in total. The smallest absolute Gasteiger partial charge is 0.314 e. The largest absolute Gasteiger partial charge is 0.497 e. The van der Waals surface area contributed by atoms with Gasteiger partial charge in [-0.3, -0.25) is 15.4 Å². The number of nitrogens with one attached hydrogen (secondary N) is 2. The molecular weight excluding hydrogens is 577 g/mol. The molecule has 0 aliphatic carbocycles. The Kier molecular flexibility index (Phi) is 8.84. The summed E-state index contributed by atoms with van der Waals surface area (Å²) in [6, 6.07) is 19.5. The highest BCUT2D eigenvalue weighted by molar-refractivity contribution is 6.30. The molecule has 2 atom stereocenters. The van der Waals surface area contributed by atoms with Gasteiger partial charge in [-0.05, 0) is 61.4 Å². The zero-order valence-corrected chi connectivity index (χ0v) is 25.3. The van der Waals surface area contributed by atoms with Gasteiger partial charge < -0.3 is 25.0 Å². The second-order valence-electron chi connectivity index (χ2n) is 10.7. The van der Waals surface area contributed by atoms with E-state index in [4.69, 9.17) is 38.4 Å². The highest BCUT2D eigenvalue weighted by atomic mass is 35.5. The summed E-state index contributed by atoms with van der Waals surface area (Å²) in [6.45, 7) is 5.22. The molecule has 2 unspecified atom stereocenters. The lowest BCUT2D eigenvalue weighted by Gasteiger charge is -2.40. The fourth-order valence-corrected chi connectivity index (χ4v) is 5.87. The molecule has 0 bridgehead atoms. The van der Waals surface area contributed by atoms with E-state index in [1.807, 2.05) is 74.5 Å². The number of carbonyl (C=O) groups is 2. The van der Waals surface area contributed by atoms with Crippen LogP contribution < -0.4 is 25.8 Å². The van der Waals surface area contributed by atoms with E-state index < -0.39 is 11.7 Å². The Morgan fingerprint density at radius 1 is 0.857 bits per heavy atom. The van der Waals surface area contributed by atoms with Crippen molar-refractivity contribution in [3.05, 3.63) is 93.5 Å². The lowest BCUT2D eigenvalue weighted by atomic mass is 9.95. The van der Waals surface area contributed by atoms with Gasteiger partial charge in [-0.1, -0.05) is 47.5 Å². The van der Waals surface area contributed by atoms with Crippen LogP contribution in [0.25, 0.3) is 0 Å². The molecule has 11 heteroatoms. The second kappa shape index (κ2) is 12.4. The van der Waals surface area contributed by atoms with Crippen LogP contribution >= 0.6 is 23.2 Å². The van der Waals surface area contributed by atoms with Crippen LogP contribution in [0.3, 0.4) is 0 Å². The van der Waals surface area contributed by atoms with Crippen molar-refractivity contribution < 1.29 is 19.1 Å². The summed E-state index contributed by atoms with van der Waals surface area (Å²) in [6.07, 6.45) is -0.164. The lowest BCUT2D eigenvalue weighted by molar-refractivity contribution is -0.141. The number of ether oxygens (including phenoxy) is 2. The molecule has 3 amide bonds. The SMILES string of the molecule is COc1ccc(C2(C(=O)N3CCN(C(N)=O)CC3)NC(c3ccc(Cl)cc3)C(c3ccc(Cl)cc3)N2)c(OC(C)C)c1. The first-order valence-corrected chi connectivity index (χ1v) is 14.6. The molecule has 2 heterocycles. The number of primary amides is 1. The van der Waals surface area contributed by atoms with Crippen molar-refractivity contribution in [2.75, 3.05) is 33.3 Å². The van der Waals surface area contributed by atoms with Crippen LogP contribution in [-0.4, -0.2) is 61.1 Å². The third kappa shape index (κ3) is 6.01. The maximum atomic E-state index is 14.8. The van der Waals surface area contributed by atoms with Crippen LogP contribution in [0.15, 0.2) is 66.7 Å². The summed E-state index contributed by atoms with van der Waals surface area (Å²) in [4.78, 5) is 29.9. The van der Waals surface area contributed by atoms with Crippen LogP contribution in [0.1, 0.15) is 42.6 Å². The Hall–Kier alpha value is -3.50. The molecule has 2 aliphatic rings. The predicted molar refractivity (Wildman–Crippen MR) is 163 cm³/mol. The number of amides is 3. The number of halogens is 2. The maximum Gasteiger partial charge on any atom is 0.314 e. The minimum absolute atomic E-state index is 0.164. The third-order valence-corrected chi connectivity index (χ3v) is 8.19. The Bertz CT molecular complexity index is 1370. The first-order chi connectivity index (χ1) is 20.1. The Morgan fingerprint density at radius 3 is 1.81 bits per heavy atom. The van der Waals surface area contributed by atoms with Crippen LogP contribution in [0, 0.1) is 0 Å². The van der Waals surface area contributed by atoms with Crippen molar-refractivity contribution in [1.29, 1.82) is 0 Å². The number of piperazine rings is 1. The van der Waals surface area contributed by atoms with Gasteiger partial charge in [0.2, 0.25) is 0 Å². The number of nitrogens with zero attached hydrogens (tertiary/aromatic N) is 2. The minimum Gasteiger partial charge on any atom is -0.497 e. The van der Waals surface area contributed by atoms with Gasteiger partial charge in [0.15, 0.2) is 5.66 Å². The molecular formula is C31H35Cl2N5O4. The number of hydrogen-bond donors (Lipinski definition) is 3. The normalized spacial score (nSPS) is 22.3. The standard InChI is InChI=1S/C31H35Cl2N5O4/c1-19(2)42-26-18-24(41-3)12-13-25(26)31(29(39)37-14-16-38(17-15-37)30(34)40)35-27(20-4-8-22(32)9-5-20)28(36-31)21-6-10-23(33)11-7-21/h4-13,18-19,27-28,35-36H,14-17H2,1-3H3,(H2,34,40). The Morgan fingerprint density at radius 2 is 1.36 bits per heavy atom. The maximum absolute atomic E-state index is 14.8. The zero-order valence-electron chi connectivity index (χ0n) is 23.8. The van der Waals surface area contributed by atoms with E-state index >= 15 is 0 Å². The van der Waals surface area contributed by atoms with Gasteiger partial charge in [-0.25, -0.2) is 4.79 Å². The van der Waals surface area contributed by atoms with Gasteiger partial charge in [0.05, 0.1) is 25.3 Å². The molecule has 3 aromatic carbocycles. The summed E-state index contributed by atoms with van der Waals surface area (Å²) in [5.41, 5.74) is 6.63. The van der Waals surface area contributed by atoms with Crippen LogP contribution in [-0.2, 0) is 10.5 Å². The Balaban J connectivity index is 1.66. The van der Waals surface area contributed by atoms with E-state index in [1.54, 1.807) is 23.0 Å². The number of methoxy groups -OCH3 is 1. The van der Waals surface area contributed by atoms with Crippen molar-refractivity contribution in [3.8, 4) is 11.5 Å². The van der Waals surface area contributed by atoms with Crippen molar-refractivity contribution in [1.82, 2.24) is 20.4 Å². The summed E-state index contributed by atoms with van der Waals surface area (Å²) < 4.78 is 11.8. The average molecular weight is 613 g/mol. The van der Waals surface area contributed by atoms with E-state index in [-0.39, 0.29) is 24.1 Å². The number of nitrogens with two attached hydrogens (primary N) is 1. The molecule has 222 valence electrons. The number of urea groups is 1. The highest BCUT2D eigenvalue weighted by Gasteiger charge is 2.54. The first-order valence-electron chi connectivity index (χ1n) is 13.9. The summed E-state index contributed by atoms with van der Waals surface area (Å²) in [5.74, 6) is 0.925. The van der Waals surface area contributed by atoms with Crippen molar-refractivity contribution in [2.24, 2.45) is 5.73 Å². The topological polar surface area (TPSA) is 109 Å². The molecule has 3 aromatic rings. The quantitative estimate of drug-likeness (QED) is 0.353. The van der Waals surface area contributed by atoms with E-state index in [2.05, 4.69) is 10.6 Å². The number of carbonyl (C=O) groups excluding carboxylic acids is 2. The first kappa shape index (κ1) is 30.0. The van der Waals surface area contributed by atoms with Crippen molar-refractivity contribution in [2.45, 2.75) is 37.7 Å². The van der Waals surface area contributed by atoms with Crippen LogP contribution in [0.5, 0.6) is 11.5 Å². The monoisotopic (exact) mass is 611 g/mol. The van der Waals surface area contributed by atoms with Gasteiger partial charge >= 0.3 is 6.03 Å². The van der Waals surface area contributed by atoms with Crippen LogP contribution in [0.4, 0.5) is 4.79 Å². The van der Waals surface area contributed by atoms with E-state index in [0.717, 1.165) is 11.1 Å².